The number of thiazole rings is 1. The predicted octanol–water partition coefficient (Wildman–Crippen LogP) is 5.94. The van der Waals surface area contributed by atoms with Gasteiger partial charge in [-0.2, -0.15) is 0 Å². The van der Waals surface area contributed by atoms with Crippen LogP contribution < -0.4 is 0 Å². The molecule has 0 spiro atoms. The van der Waals surface area contributed by atoms with Crippen molar-refractivity contribution in [2.45, 2.75) is 31.1 Å². The van der Waals surface area contributed by atoms with Gasteiger partial charge in [0.05, 0.1) is 0 Å². The summed E-state index contributed by atoms with van der Waals surface area (Å²) >= 11 is 7.44. The number of hydrogen-bond acceptors (Lipinski definition) is 3. The summed E-state index contributed by atoms with van der Waals surface area (Å²) in [6, 6.07) is 17.9. The molecule has 2 aromatic carbocycles. The second-order valence-electron chi connectivity index (χ2n) is 6.35. The van der Waals surface area contributed by atoms with E-state index in [0.29, 0.717) is 16.5 Å². The predicted molar refractivity (Wildman–Crippen MR) is 106 cm³/mol. The van der Waals surface area contributed by atoms with Crippen LogP contribution in [0.3, 0.4) is 0 Å². The maximum atomic E-state index is 11.9. The molecule has 26 heavy (non-hydrogen) atoms. The molecule has 0 aliphatic carbocycles. The third kappa shape index (κ3) is 4.32. The van der Waals surface area contributed by atoms with Crippen LogP contribution in [-0.4, -0.2) is 16.1 Å². The van der Waals surface area contributed by atoms with Gasteiger partial charge in [0.25, 0.3) is 0 Å². The minimum Gasteiger partial charge on any atom is -0.481 e. The van der Waals surface area contributed by atoms with E-state index < -0.39 is 11.9 Å². The Balaban J connectivity index is 1.97. The summed E-state index contributed by atoms with van der Waals surface area (Å²) in [6.45, 7) is 2.15. The fourth-order valence-corrected chi connectivity index (χ4v) is 4.17. The molecular weight excluding hydrogens is 366 g/mol. The van der Waals surface area contributed by atoms with Gasteiger partial charge in [-0.3, -0.25) is 4.79 Å². The Hall–Kier alpha value is -2.17. The Morgan fingerprint density at radius 3 is 2.38 bits per heavy atom. The number of carboxylic acids is 1. The highest BCUT2D eigenvalue weighted by atomic mass is 35.5. The number of nitrogens with zero attached hydrogens (tertiary/aromatic N) is 1. The molecule has 0 amide bonds. The van der Waals surface area contributed by atoms with E-state index in [9.17, 15) is 9.90 Å². The molecule has 3 nitrogen and oxygen atoms in total. The standard InChI is InChI=1S/C21H20ClNO2S/c1-14(15-5-3-2-4-6-15)18(16-7-9-17(22)10-8-16)13-19(21(24)25)20-23-11-12-26-20/h2-12,14,18-19H,13H2,1H3,(H,24,25). The van der Waals surface area contributed by atoms with Crippen molar-refractivity contribution in [1.82, 2.24) is 4.98 Å². The van der Waals surface area contributed by atoms with Crippen molar-refractivity contribution in [2.24, 2.45) is 0 Å². The number of carbonyl (C=O) groups is 1. The van der Waals surface area contributed by atoms with Gasteiger partial charge in [-0.1, -0.05) is 61.0 Å². The zero-order valence-electron chi connectivity index (χ0n) is 14.4. The zero-order valence-corrected chi connectivity index (χ0v) is 16.0. The van der Waals surface area contributed by atoms with Crippen molar-refractivity contribution in [3.63, 3.8) is 0 Å². The summed E-state index contributed by atoms with van der Waals surface area (Å²) in [5.41, 5.74) is 2.28. The molecule has 0 radical (unpaired) electrons. The van der Waals surface area contributed by atoms with E-state index in [0.717, 1.165) is 5.56 Å². The zero-order chi connectivity index (χ0) is 18.5. The van der Waals surface area contributed by atoms with Crippen molar-refractivity contribution < 1.29 is 9.90 Å². The molecule has 5 heteroatoms. The maximum absolute atomic E-state index is 11.9. The Morgan fingerprint density at radius 2 is 1.81 bits per heavy atom. The SMILES string of the molecule is CC(c1ccccc1)C(CC(C(=O)O)c1nccs1)c1ccc(Cl)cc1. The van der Waals surface area contributed by atoms with Crippen LogP contribution in [0.5, 0.6) is 0 Å². The van der Waals surface area contributed by atoms with Crippen LogP contribution >= 0.6 is 22.9 Å². The molecule has 0 fully saturated rings. The molecule has 3 aromatic rings. The third-order valence-electron chi connectivity index (χ3n) is 4.76. The van der Waals surface area contributed by atoms with Gasteiger partial charge >= 0.3 is 5.97 Å². The van der Waals surface area contributed by atoms with Gasteiger partial charge in [0.2, 0.25) is 0 Å². The lowest BCUT2D eigenvalue weighted by molar-refractivity contribution is -0.139. The second-order valence-corrected chi connectivity index (χ2v) is 7.72. The molecule has 0 bridgehead atoms. The summed E-state index contributed by atoms with van der Waals surface area (Å²) in [5, 5.41) is 12.9. The second kappa shape index (κ2) is 8.47. The van der Waals surface area contributed by atoms with Crippen molar-refractivity contribution in [3.8, 4) is 0 Å². The van der Waals surface area contributed by atoms with Gasteiger partial charge in [-0.05, 0) is 41.5 Å². The summed E-state index contributed by atoms with van der Waals surface area (Å²) in [7, 11) is 0. The summed E-state index contributed by atoms with van der Waals surface area (Å²) in [5.74, 6) is -1.25. The van der Waals surface area contributed by atoms with Crippen LogP contribution in [0.25, 0.3) is 0 Å². The van der Waals surface area contributed by atoms with Crippen molar-refractivity contribution in [1.29, 1.82) is 0 Å². The van der Waals surface area contributed by atoms with Crippen molar-refractivity contribution >= 4 is 28.9 Å². The van der Waals surface area contributed by atoms with Gasteiger partial charge in [-0.15, -0.1) is 11.3 Å². The Kier molecular flexibility index (Phi) is 6.07. The van der Waals surface area contributed by atoms with E-state index in [1.807, 2.05) is 47.8 Å². The van der Waals surface area contributed by atoms with E-state index in [1.54, 1.807) is 6.20 Å². The molecule has 1 N–H and O–H groups in total. The van der Waals surface area contributed by atoms with Crippen LogP contribution in [-0.2, 0) is 4.79 Å². The van der Waals surface area contributed by atoms with E-state index in [4.69, 9.17) is 11.6 Å². The first-order valence-corrected chi connectivity index (χ1v) is 9.74. The number of rotatable bonds is 7. The molecule has 0 saturated heterocycles. The van der Waals surface area contributed by atoms with E-state index in [2.05, 4.69) is 24.0 Å². The lowest BCUT2D eigenvalue weighted by Gasteiger charge is -2.27. The molecule has 0 aliphatic rings. The molecular formula is C21H20ClNO2S. The smallest absolute Gasteiger partial charge is 0.313 e. The van der Waals surface area contributed by atoms with E-state index in [1.165, 1.54) is 16.9 Å². The topological polar surface area (TPSA) is 50.2 Å². The highest BCUT2D eigenvalue weighted by molar-refractivity contribution is 7.09. The number of aromatic nitrogens is 1. The first kappa shape index (κ1) is 18.6. The van der Waals surface area contributed by atoms with Gasteiger partial charge in [0, 0.05) is 16.6 Å². The average Bonchev–Trinajstić information content (AvgIpc) is 3.18. The third-order valence-corrected chi connectivity index (χ3v) is 5.91. The van der Waals surface area contributed by atoms with Gasteiger partial charge < -0.3 is 5.11 Å². The molecule has 1 heterocycles. The highest BCUT2D eigenvalue weighted by Gasteiger charge is 2.30. The number of aliphatic carboxylic acids is 1. The minimum atomic E-state index is -0.834. The normalized spacial score (nSPS) is 14.5. The fourth-order valence-electron chi connectivity index (χ4n) is 3.30. The molecule has 1 aromatic heterocycles. The Labute approximate surface area is 162 Å². The van der Waals surface area contributed by atoms with Crippen molar-refractivity contribution in [2.75, 3.05) is 0 Å². The largest absolute Gasteiger partial charge is 0.481 e. The summed E-state index contributed by atoms with van der Waals surface area (Å²) in [6.07, 6.45) is 2.15. The Bertz CT molecular complexity index is 834. The quantitative estimate of drug-likeness (QED) is 0.547. The van der Waals surface area contributed by atoms with Crippen LogP contribution in [0, 0.1) is 0 Å². The monoisotopic (exact) mass is 385 g/mol. The molecule has 0 saturated carbocycles. The van der Waals surface area contributed by atoms with Crippen LogP contribution in [0.1, 0.15) is 47.2 Å². The van der Waals surface area contributed by atoms with Gasteiger partial charge in [-0.25, -0.2) is 4.98 Å². The van der Waals surface area contributed by atoms with Gasteiger partial charge in [0.15, 0.2) is 0 Å². The Morgan fingerprint density at radius 1 is 1.12 bits per heavy atom. The van der Waals surface area contributed by atoms with E-state index >= 15 is 0 Å². The maximum Gasteiger partial charge on any atom is 0.313 e. The number of halogens is 1. The van der Waals surface area contributed by atoms with Crippen LogP contribution in [0.4, 0.5) is 0 Å². The minimum absolute atomic E-state index is 0.0414. The number of benzene rings is 2. The molecule has 134 valence electrons. The van der Waals surface area contributed by atoms with Crippen LogP contribution in [0.2, 0.25) is 5.02 Å². The molecule has 0 aliphatic heterocycles. The average molecular weight is 386 g/mol. The number of hydrogen-bond donors (Lipinski definition) is 1. The lowest BCUT2D eigenvalue weighted by atomic mass is 9.77. The first-order chi connectivity index (χ1) is 12.6. The first-order valence-electron chi connectivity index (χ1n) is 8.49. The molecule has 3 rings (SSSR count). The summed E-state index contributed by atoms with van der Waals surface area (Å²) < 4.78 is 0. The lowest BCUT2D eigenvalue weighted by Crippen LogP contribution is -2.18. The molecule has 3 unspecified atom stereocenters. The van der Waals surface area contributed by atoms with Crippen molar-refractivity contribution in [3.05, 3.63) is 87.3 Å². The van der Waals surface area contributed by atoms with Crippen LogP contribution in [0.15, 0.2) is 66.2 Å². The summed E-state index contributed by atoms with van der Waals surface area (Å²) in [4.78, 5) is 16.2. The number of carboxylic acid groups (broad SMARTS) is 1. The van der Waals surface area contributed by atoms with Gasteiger partial charge in [0.1, 0.15) is 10.9 Å². The fraction of sp³-hybridized carbons (Fsp3) is 0.238. The highest BCUT2D eigenvalue weighted by Crippen LogP contribution is 2.40. The van der Waals surface area contributed by atoms with E-state index in [-0.39, 0.29) is 11.8 Å². The molecule has 3 atom stereocenters.